The van der Waals surface area contributed by atoms with Gasteiger partial charge in [-0.15, -0.1) is 0 Å². The van der Waals surface area contributed by atoms with Crippen molar-refractivity contribution < 1.29 is 27.5 Å². The van der Waals surface area contributed by atoms with E-state index in [1.807, 2.05) is 30.7 Å². The molecule has 0 aromatic carbocycles. The molecule has 32 heavy (non-hydrogen) atoms. The van der Waals surface area contributed by atoms with Gasteiger partial charge in [-0.05, 0) is 36.4 Å². The summed E-state index contributed by atoms with van der Waals surface area (Å²) in [6.45, 7) is 3.83. The SMILES string of the molecule is C[C@@H]1[C@H](C)[C@@H](CS(=O)(=O)CP(=O)(O)O)O[C@H]1n1ccc2c(NC3CCCC3)nc(Cl)nc21. The van der Waals surface area contributed by atoms with Gasteiger partial charge >= 0.3 is 7.60 Å². The van der Waals surface area contributed by atoms with Gasteiger partial charge in [-0.3, -0.25) is 4.57 Å². The lowest BCUT2D eigenvalue weighted by Crippen LogP contribution is -2.27. The molecule has 3 heterocycles. The van der Waals surface area contributed by atoms with Crippen molar-refractivity contribution in [2.45, 2.75) is 57.9 Å². The van der Waals surface area contributed by atoms with Crippen molar-refractivity contribution in [3.63, 3.8) is 0 Å². The number of hydrogen-bond donors (Lipinski definition) is 3. The first-order valence-corrected chi connectivity index (χ1v) is 14.6. The Morgan fingerprint density at radius 2 is 1.94 bits per heavy atom. The molecule has 4 atom stereocenters. The molecule has 1 aliphatic carbocycles. The summed E-state index contributed by atoms with van der Waals surface area (Å²) in [5.41, 5.74) is -0.592. The quantitative estimate of drug-likeness (QED) is 0.381. The van der Waals surface area contributed by atoms with Crippen LogP contribution in [0.5, 0.6) is 0 Å². The highest BCUT2D eigenvalue weighted by Crippen LogP contribution is 2.43. The van der Waals surface area contributed by atoms with Crippen LogP contribution in [0.1, 0.15) is 45.8 Å². The highest BCUT2D eigenvalue weighted by atomic mass is 35.5. The zero-order chi connectivity index (χ0) is 23.3. The first-order chi connectivity index (χ1) is 14.9. The molecule has 1 saturated heterocycles. The predicted octanol–water partition coefficient (Wildman–Crippen LogP) is 3.16. The van der Waals surface area contributed by atoms with Crippen molar-refractivity contribution in [1.29, 1.82) is 0 Å². The summed E-state index contributed by atoms with van der Waals surface area (Å²) in [5.74, 6) is -0.00727. The summed E-state index contributed by atoms with van der Waals surface area (Å²) in [5, 5.41) is 4.38. The van der Waals surface area contributed by atoms with E-state index in [0.717, 1.165) is 18.2 Å². The molecule has 2 aromatic rings. The number of rotatable bonds is 7. The maximum atomic E-state index is 12.3. The molecule has 0 amide bonds. The van der Waals surface area contributed by atoms with Crippen LogP contribution in [0.15, 0.2) is 12.3 Å². The van der Waals surface area contributed by atoms with Gasteiger partial charge in [0.1, 0.15) is 17.7 Å². The summed E-state index contributed by atoms with van der Waals surface area (Å²) in [7, 11) is -8.68. The van der Waals surface area contributed by atoms with Crippen LogP contribution in [-0.2, 0) is 19.1 Å². The second kappa shape index (κ2) is 8.85. The topological polar surface area (TPSA) is 144 Å². The molecule has 2 fully saturated rings. The lowest BCUT2D eigenvalue weighted by atomic mass is 9.93. The van der Waals surface area contributed by atoms with Crippen LogP contribution in [0.2, 0.25) is 5.28 Å². The molecule has 0 unspecified atom stereocenters. The number of halogens is 1. The zero-order valence-electron chi connectivity index (χ0n) is 17.9. The van der Waals surface area contributed by atoms with E-state index in [1.165, 1.54) is 12.8 Å². The van der Waals surface area contributed by atoms with Crippen molar-refractivity contribution >= 4 is 45.9 Å². The Hall–Kier alpha value is -1.23. The van der Waals surface area contributed by atoms with Crippen LogP contribution in [0.25, 0.3) is 11.0 Å². The first kappa shape index (κ1) is 23.9. The number of anilines is 1. The van der Waals surface area contributed by atoms with Gasteiger partial charge in [-0.1, -0.05) is 26.7 Å². The number of sulfone groups is 1. The molecule has 0 spiro atoms. The van der Waals surface area contributed by atoms with E-state index < -0.39 is 41.0 Å². The van der Waals surface area contributed by atoms with E-state index in [4.69, 9.17) is 26.1 Å². The van der Waals surface area contributed by atoms with Crippen molar-refractivity contribution in [3.05, 3.63) is 17.5 Å². The average Bonchev–Trinajstić information content (AvgIpc) is 3.36. The second-order valence-electron chi connectivity index (χ2n) is 8.91. The number of aromatic nitrogens is 3. The number of ether oxygens (including phenoxy) is 1. The summed E-state index contributed by atoms with van der Waals surface area (Å²) in [6.07, 6.45) is 5.15. The summed E-state index contributed by atoms with van der Waals surface area (Å²) >= 11 is 6.22. The van der Waals surface area contributed by atoms with Gasteiger partial charge < -0.3 is 24.4 Å². The Balaban J connectivity index is 1.60. The number of hydrogen-bond acceptors (Lipinski definition) is 7. The Labute approximate surface area is 191 Å². The standard InChI is InChI=1S/C19H28ClN4O6PS/c1-11-12(2)18(30-15(11)9-32(28,29)10-31(25,26)27)24-8-7-14-16(21-13-5-3-4-6-13)22-19(20)23-17(14)24/h7-8,11-13,15,18H,3-6,9-10H2,1-2H3,(H,21,22,23)(H2,25,26,27)/t11-,12+,15+,18+/m0/s1. The van der Waals surface area contributed by atoms with Crippen LogP contribution >= 0.6 is 19.2 Å². The third-order valence-corrected chi connectivity index (χ3v) is 10.4. The van der Waals surface area contributed by atoms with Gasteiger partial charge in [0.2, 0.25) is 5.28 Å². The minimum atomic E-state index is -4.69. The van der Waals surface area contributed by atoms with Gasteiger partial charge in [0.25, 0.3) is 0 Å². The normalized spacial score (nSPS) is 27.4. The smallest absolute Gasteiger partial charge is 0.340 e. The Morgan fingerprint density at radius 1 is 1.25 bits per heavy atom. The van der Waals surface area contributed by atoms with Gasteiger partial charge in [0, 0.05) is 18.2 Å². The van der Waals surface area contributed by atoms with Crippen molar-refractivity contribution in [2.24, 2.45) is 11.8 Å². The maximum absolute atomic E-state index is 12.3. The molecule has 13 heteroatoms. The van der Waals surface area contributed by atoms with Crippen LogP contribution in [0.4, 0.5) is 5.82 Å². The van der Waals surface area contributed by atoms with E-state index in [2.05, 4.69) is 15.3 Å². The maximum Gasteiger partial charge on any atom is 0.340 e. The zero-order valence-corrected chi connectivity index (χ0v) is 20.4. The molecule has 178 valence electrons. The molecular formula is C19H28ClN4O6PS. The van der Waals surface area contributed by atoms with Crippen LogP contribution in [-0.4, -0.2) is 56.1 Å². The van der Waals surface area contributed by atoms with Gasteiger partial charge in [-0.25, -0.2) is 13.4 Å². The first-order valence-electron chi connectivity index (χ1n) is 10.6. The molecule has 1 saturated carbocycles. The summed E-state index contributed by atoms with van der Waals surface area (Å²) < 4.78 is 43.7. The van der Waals surface area contributed by atoms with Gasteiger partial charge in [-0.2, -0.15) is 4.98 Å². The Bertz CT molecular complexity index is 1150. The Morgan fingerprint density at radius 3 is 2.59 bits per heavy atom. The Kier molecular flexibility index (Phi) is 6.61. The van der Waals surface area contributed by atoms with E-state index >= 15 is 0 Å². The average molecular weight is 507 g/mol. The lowest BCUT2D eigenvalue weighted by Gasteiger charge is -2.19. The number of nitrogens with one attached hydrogen (secondary N) is 1. The van der Waals surface area contributed by atoms with Crippen molar-refractivity contribution in [1.82, 2.24) is 14.5 Å². The molecule has 1 aliphatic heterocycles. The third-order valence-electron chi connectivity index (χ3n) is 6.48. The van der Waals surface area contributed by atoms with Gasteiger partial charge in [0.15, 0.2) is 15.3 Å². The van der Waals surface area contributed by atoms with Crippen LogP contribution in [0, 0.1) is 11.8 Å². The number of nitrogens with zero attached hydrogens (tertiary/aromatic N) is 3. The molecule has 2 aliphatic rings. The van der Waals surface area contributed by atoms with Gasteiger partial charge in [0.05, 0.1) is 17.2 Å². The van der Waals surface area contributed by atoms with Crippen molar-refractivity contribution in [2.75, 3.05) is 16.6 Å². The van der Waals surface area contributed by atoms with E-state index in [1.54, 1.807) is 0 Å². The molecule has 3 N–H and O–H groups in total. The van der Waals surface area contributed by atoms with E-state index in [9.17, 15) is 13.0 Å². The largest absolute Gasteiger partial charge is 0.367 e. The highest BCUT2D eigenvalue weighted by Gasteiger charge is 2.43. The minimum absolute atomic E-state index is 0.0687. The third kappa shape index (κ3) is 5.13. The predicted molar refractivity (Wildman–Crippen MR) is 121 cm³/mol. The lowest BCUT2D eigenvalue weighted by molar-refractivity contribution is -0.000578. The number of fused-ring (bicyclic) bond motifs is 1. The fourth-order valence-corrected chi connectivity index (χ4v) is 8.20. The molecule has 4 rings (SSSR count). The molecule has 2 aromatic heterocycles. The van der Waals surface area contributed by atoms with Crippen molar-refractivity contribution in [3.8, 4) is 0 Å². The molecular weight excluding hydrogens is 479 g/mol. The van der Waals surface area contributed by atoms with Crippen LogP contribution in [0.3, 0.4) is 0 Å². The van der Waals surface area contributed by atoms with E-state index in [0.29, 0.717) is 17.5 Å². The molecule has 10 nitrogen and oxygen atoms in total. The molecule has 0 bridgehead atoms. The summed E-state index contributed by atoms with van der Waals surface area (Å²) in [4.78, 5) is 26.9. The fourth-order valence-electron chi connectivity index (χ4n) is 4.68. The molecule has 0 radical (unpaired) electrons. The van der Waals surface area contributed by atoms with Crippen LogP contribution < -0.4 is 5.32 Å². The highest BCUT2D eigenvalue weighted by molar-refractivity contribution is 7.97. The fraction of sp³-hybridized carbons (Fsp3) is 0.684. The minimum Gasteiger partial charge on any atom is -0.367 e. The van der Waals surface area contributed by atoms with E-state index in [-0.39, 0.29) is 17.1 Å². The monoisotopic (exact) mass is 506 g/mol. The summed E-state index contributed by atoms with van der Waals surface area (Å²) in [6, 6.07) is 2.24. The second-order valence-corrected chi connectivity index (χ2v) is 13.4.